The molecule has 0 aliphatic carbocycles. The maximum Gasteiger partial charge on any atom is 0.191 e. The lowest BCUT2D eigenvalue weighted by Gasteiger charge is -2.27. The van der Waals surface area contributed by atoms with Gasteiger partial charge in [0.25, 0.3) is 0 Å². The molecule has 2 N–H and O–H groups in total. The Hall–Kier alpha value is -0.130. The zero-order chi connectivity index (χ0) is 16.1. The second-order valence-electron chi connectivity index (χ2n) is 6.25. The van der Waals surface area contributed by atoms with Crippen LogP contribution in [0.4, 0.5) is 0 Å². The number of hydrogen-bond donors (Lipinski definition) is 2. The smallest absolute Gasteiger partial charge is 0.191 e. The van der Waals surface area contributed by atoms with Crippen LogP contribution in [-0.4, -0.2) is 82.8 Å². The van der Waals surface area contributed by atoms with Gasteiger partial charge in [0.2, 0.25) is 0 Å². The third-order valence-corrected chi connectivity index (χ3v) is 5.92. The van der Waals surface area contributed by atoms with Crippen molar-refractivity contribution in [2.45, 2.75) is 25.4 Å². The van der Waals surface area contributed by atoms with Gasteiger partial charge in [-0.3, -0.25) is 9.89 Å². The Kier molecular flexibility index (Phi) is 8.53. The molecule has 0 amide bonds. The number of ether oxygens (including phenoxy) is 1. The van der Waals surface area contributed by atoms with Crippen LogP contribution in [0.15, 0.2) is 4.99 Å². The van der Waals surface area contributed by atoms with Gasteiger partial charge in [-0.15, -0.1) is 24.0 Å². The van der Waals surface area contributed by atoms with Crippen molar-refractivity contribution in [3.05, 3.63) is 0 Å². The number of guanidine groups is 1. The summed E-state index contributed by atoms with van der Waals surface area (Å²) >= 11 is 0. The third-order valence-electron chi connectivity index (χ3n) is 4.31. The van der Waals surface area contributed by atoms with Gasteiger partial charge in [-0.1, -0.05) is 0 Å². The molecule has 0 aromatic carbocycles. The van der Waals surface area contributed by atoms with E-state index in [-0.39, 0.29) is 41.1 Å². The highest BCUT2D eigenvalue weighted by molar-refractivity contribution is 14.0. The molecular formula is C14H29IN4O3S. The summed E-state index contributed by atoms with van der Waals surface area (Å²) in [5.74, 6) is 1.31. The maximum atomic E-state index is 11.4. The molecule has 0 saturated carbocycles. The van der Waals surface area contributed by atoms with Gasteiger partial charge in [0, 0.05) is 46.4 Å². The van der Waals surface area contributed by atoms with Crippen molar-refractivity contribution in [1.29, 1.82) is 0 Å². The fraction of sp³-hybridized carbons (Fsp3) is 0.929. The fourth-order valence-corrected chi connectivity index (χ4v) is 4.05. The summed E-state index contributed by atoms with van der Waals surface area (Å²) < 4.78 is 28.5. The average Bonchev–Trinajstić information content (AvgIpc) is 2.91. The molecule has 0 radical (unpaired) electrons. The first kappa shape index (κ1) is 20.9. The first-order chi connectivity index (χ1) is 10.4. The van der Waals surface area contributed by atoms with E-state index in [0.29, 0.717) is 13.1 Å². The summed E-state index contributed by atoms with van der Waals surface area (Å²) in [6.45, 7) is 6.52. The number of nitrogens with zero attached hydrogens (tertiary/aromatic N) is 2. The lowest BCUT2D eigenvalue weighted by atomic mass is 10.0. The van der Waals surface area contributed by atoms with Crippen LogP contribution in [-0.2, 0) is 14.6 Å². The molecule has 2 saturated heterocycles. The molecule has 0 aromatic heterocycles. The van der Waals surface area contributed by atoms with Crippen LogP contribution in [0.1, 0.15) is 19.8 Å². The maximum absolute atomic E-state index is 11.4. The molecule has 2 fully saturated rings. The highest BCUT2D eigenvalue weighted by atomic mass is 127. The van der Waals surface area contributed by atoms with Crippen LogP contribution in [0.3, 0.4) is 0 Å². The molecule has 1 atom stereocenters. The first-order valence-corrected chi connectivity index (χ1v) is 9.76. The molecule has 23 heavy (non-hydrogen) atoms. The number of hydrogen-bond acceptors (Lipinski definition) is 5. The molecule has 2 rings (SSSR count). The first-order valence-electron chi connectivity index (χ1n) is 7.94. The Labute approximate surface area is 156 Å². The van der Waals surface area contributed by atoms with Crippen molar-refractivity contribution in [3.63, 3.8) is 0 Å². The van der Waals surface area contributed by atoms with Gasteiger partial charge >= 0.3 is 0 Å². The third kappa shape index (κ3) is 7.10. The summed E-state index contributed by atoms with van der Waals surface area (Å²) in [6, 6.07) is 0. The van der Waals surface area contributed by atoms with Crippen LogP contribution < -0.4 is 10.6 Å². The molecule has 2 heterocycles. The number of sulfone groups is 1. The van der Waals surface area contributed by atoms with E-state index < -0.39 is 9.84 Å². The average molecular weight is 460 g/mol. The molecule has 9 heteroatoms. The Balaban J connectivity index is 0.00000264. The van der Waals surface area contributed by atoms with Crippen LogP contribution in [0.5, 0.6) is 0 Å². The molecule has 7 nitrogen and oxygen atoms in total. The zero-order valence-electron chi connectivity index (χ0n) is 14.0. The van der Waals surface area contributed by atoms with Crippen molar-refractivity contribution in [1.82, 2.24) is 15.5 Å². The fourth-order valence-electron chi connectivity index (χ4n) is 2.77. The van der Waals surface area contributed by atoms with Crippen molar-refractivity contribution in [2.24, 2.45) is 4.99 Å². The molecular weight excluding hydrogens is 431 g/mol. The highest BCUT2D eigenvalue weighted by Crippen LogP contribution is 2.23. The molecule has 2 aliphatic rings. The summed E-state index contributed by atoms with van der Waals surface area (Å²) in [5, 5.41) is 6.57. The Morgan fingerprint density at radius 1 is 1.30 bits per heavy atom. The number of aliphatic imine (C=N–C) groups is 1. The highest BCUT2D eigenvalue weighted by Gasteiger charge is 2.29. The van der Waals surface area contributed by atoms with E-state index in [9.17, 15) is 8.42 Å². The molecule has 136 valence electrons. The van der Waals surface area contributed by atoms with Gasteiger partial charge in [-0.05, 0) is 19.8 Å². The summed E-state index contributed by atoms with van der Waals surface area (Å²) in [5.41, 5.74) is -0.0984. The normalized spacial score (nSPS) is 28.2. The van der Waals surface area contributed by atoms with Crippen LogP contribution in [0.25, 0.3) is 0 Å². The molecule has 1 unspecified atom stereocenters. The van der Waals surface area contributed by atoms with Crippen molar-refractivity contribution >= 4 is 39.8 Å². The molecule has 2 aliphatic heterocycles. The van der Waals surface area contributed by atoms with Gasteiger partial charge < -0.3 is 15.4 Å². The predicted octanol–water partition coefficient (Wildman–Crippen LogP) is 0.0689. The SMILES string of the molecule is CN=C(NCCN1CCS(=O)(=O)CC1)NCC1(C)CCCO1.I. The minimum absolute atomic E-state index is 0. The zero-order valence-corrected chi connectivity index (χ0v) is 17.2. The Morgan fingerprint density at radius 2 is 2.00 bits per heavy atom. The molecule has 0 aromatic rings. The number of rotatable bonds is 5. The minimum atomic E-state index is -2.80. The van der Waals surface area contributed by atoms with Gasteiger partial charge in [0.15, 0.2) is 15.8 Å². The van der Waals surface area contributed by atoms with Gasteiger partial charge in [-0.2, -0.15) is 0 Å². The minimum Gasteiger partial charge on any atom is -0.373 e. The van der Waals surface area contributed by atoms with Gasteiger partial charge in [0.1, 0.15) is 0 Å². The van der Waals surface area contributed by atoms with Crippen LogP contribution >= 0.6 is 24.0 Å². The van der Waals surface area contributed by atoms with E-state index in [1.54, 1.807) is 7.05 Å². The number of halogens is 1. The standard InChI is InChI=1S/C14H28N4O3S.HI/c1-14(4-3-9-21-14)12-17-13(15-2)16-5-6-18-7-10-22(19,20)11-8-18;/h3-12H2,1-2H3,(H2,15,16,17);1H. The number of nitrogens with one attached hydrogen (secondary N) is 2. The monoisotopic (exact) mass is 460 g/mol. The van der Waals surface area contributed by atoms with E-state index in [1.165, 1.54) is 0 Å². The van der Waals surface area contributed by atoms with Gasteiger partial charge in [0.05, 0.1) is 17.1 Å². The van der Waals surface area contributed by atoms with Gasteiger partial charge in [-0.25, -0.2) is 8.42 Å². The van der Waals surface area contributed by atoms with E-state index >= 15 is 0 Å². The Morgan fingerprint density at radius 3 is 2.57 bits per heavy atom. The van der Waals surface area contributed by atoms with Crippen LogP contribution in [0.2, 0.25) is 0 Å². The molecule has 0 bridgehead atoms. The summed E-state index contributed by atoms with van der Waals surface area (Å²) in [7, 11) is -1.05. The second kappa shape index (κ2) is 9.38. The quantitative estimate of drug-likeness (QED) is 0.343. The van der Waals surface area contributed by atoms with E-state index in [4.69, 9.17) is 4.74 Å². The lowest BCUT2D eigenvalue weighted by Crippen LogP contribution is -2.48. The van der Waals surface area contributed by atoms with Crippen molar-refractivity contribution in [3.8, 4) is 0 Å². The largest absolute Gasteiger partial charge is 0.373 e. The van der Waals surface area contributed by atoms with E-state index in [0.717, 1.165) is 45.0 Å². The predicted molar refractivity (Wildman–Crippen MR) is 103 cm³/mol. The molecule has 0 spiro atoms. The lowest BCUT2D eigenvalue weighted by molar-refractivity contribution is 0.0243. The Bertz CT molecular complexity index is 478. The van der Waals surface area contributed by atoms with E-state index in [1.807, 2.05) is 0 Å². The van der Waals surface area contributed by atoms with Crippen molar-refractivity contribution in [2.75, 3.05) is 57.9 Å². The summed E-state index contributed by atoms with van der Waals surface area (Å²) in [4.78, 5) is 6.38. The summed E-state index contributed by atoms with van der Waals surface area (Å²) in [6.07, 6.45) is 2.18. The van der Waals surface area contributed by atoms with E-state index in [2.05, 4.69) is 27.4 Å². The topological polar surface area (TPSA) is 83.0 Å². The van der Waals surface area contributed by atoms with Crippen molar-refractivity contribution < 1.29 is 13.2 Å². The second-order valence-corrected chi connectivity index (χ2v) is 8.55. The van der Waals surface area contributed by atoms with Crippen LogP contribution in [0, 0.1) is 0 Å².